The van der Waals surface area contributed by atoms with Crippen molar-refractivity contribution in [2.75, 3.05) is 39.0 Å². The Morgan fingerprint density at radius 1 is 0.855 bits per heavy atom. The highest BCUT2D eigenvalue weighted by molar-refractivity contribution is 7.98. The molecule has 1 aromatic heterocycles. The minimum atomic E-state index is -1.64. The first-order valence-electron chi connectivity index (χ1n) is 20.2. The number of aromatic hydroxyl groups is 1. The number of nitrogens with two attached hydrogens (primary N) is 1. The van der Waals surface area contributed by atoms with E-state index < -0.39 is 134 Å². The number of fused-ring (bicyclic) bond motifs is 2. The van der Waals surface area contributed by atoms with Crippen molar-refractivity contribution in [3.05, 3.63) is 23.8 Å². The Bertz CT molecular complexity index is 2030. The number of rotatable bonds is 10. The number of nitrogens with zero attached hydrogens (tertiary/aromatic N) is 1. The number of carbonyl (C=O) groups is 9. The Kier molecular flexibility index (Phi) is 17.5. The van der Waals surface area contributed by atoms with Crippen molar-refractivity contribution >= 4 is 75.8 Å². The molecule has 62 heavy (non-hydrogen) atoms. The van der Waals surface area contributed by atoms with Gasteiger partial charge < -0.3 is 68.2 Å². The van der Waals surface area contributed by atoms with Crippen LogP contribution in [0.4, 0.5) is 0 Å². The summed E-state index contributed by atoms with van der Waals surface area (Å²) in [5, 5.41) is 49.3. The third kappa shape index (κ3) is 12.6. The molecule has 3 heterocycles. The first-order chi connectivity index (χ1) is 29.4. The molecule has 2 aromatic rings. The fourth-order valence-electron chi connectivity index (χ4n) is 7.22. The Balaban J connectivity index is 1.76. The van der Waals surface area contributed by atoms with Crippen molar-refractivity contribution in [2.24, 2.45) is 17.6 Å². The largest absolute Gasteiger partial charge is 0.508 e. The average molecular weight is 889 g/mol. The summed E-state index contributed by atoms with van der Waals surface area (Å²) in [5.74, 6) is -9.57. The molecule has 2 saturated heterocycles. The van der Waals surface area contributed by atoms with Gasteiger partial charge in [0.1, 0.15) is 36.0 Å². The fourth-order valence-corrected chi connectivity index (χ4v) is 7.87. The lowest BCUT2D eigenvalue weighted by molar-refractivity contribution is -0.143. The summed E-state index contributed by atoms with van der Waals surface area (Å²) in [7, 11) is 0. The number of amides is 9. The standard InChI is InChI=1S/C39H56N10O12S/c1-5-18(2)32-36(59)43-14-29(54)41-15-30(55)44-25(13-28(40)53)39(61)49-10-6-7-26(49)35(58)48-33(19(3)27(52)17-50)37(60)45-24(34(57)42-16-31(56)47-32)12-22-21-11-20(51)8-9-23(21)46-38(22)62-4/h8-9,11,18-19,24-27,32-33,46,50-52H,5-7,10,12-17H2,1-4H3,(H2,40,53)(H,41,54)(H,42,57)(H,43,59)(H,44,55)(H,45,60)(H,47,56)(H,48,58)/t18?,19-,24?,25?,26?,27?,32?,33?/m0/s1. The number of aromatic amines is 1. The topological polar surface area (TPSA) is 344 Å². The van der Waals surface area contributed by atoms with Crippen LogP contribution in [0.3, 0.4) is 0 Å². The Labute approximate surface area is 361 Å². The van der Waals surface area contributed by atoms with E-state index in [0.29, 0.717) is 34.3 Å². The van der Waals surface area contributed by atoms with Crippen LogP contribution in [0.2, 0.25) is 0 Å². The van der Waals surface area contributed by atoms with E-state index in [4.69, 9.17) is 5.73 Å². The van der Waals surface area contributed by atoms with Gasteiger partial charge in [0.05, 0.1) is 43.8 Å². The molecule has 7 unspecified atom stereocenters. The summed E-state index contributed by atoms with van der Waals surface area (Å²) in [6.45, 7) is 2.01. The van der Waals surface area contributed by atoms with Crippen LogP contribution >= 0.6 is 11.8 Å². The van der Waals surface area contributed by atoms with E-state index in [1.807, 2.05) is 0 Å². The third-order valence-corrected chi connectivity index (χ3v) is 11.7. The smallest absolute Gasteiger partial charge is 0.246 e. The van der Waals surface area contributed by atoms with Gasteiger partial charge >= 0.3 is 0 Å². The zero-order chi connectivity index (χ0) is 45.8. The van der Waals surface area contributed by atoms with E-state index in [9.17, 15) is 58.5 Å². The minimum Gasteiger partial charge on any atom is -0.508 e. The van der Waals surface area contributed by atoms with Gasteiger partial charge in [-0.05, 0) is 48.8 Å². The fraction of sp³-hybridized carbons (Fsp3) is 0.564. The third-order valence-electron chi connectivity index (χ3n) is 11.0. The lowest BCUT2D eigenvalue weighted by atomic mass is 9.94. The highest BCUT2D eigenvalue weighted by Gasteiger charge is 2.41. The number of phenols is 1. The van der Waals surface area contributed by atoms with Crippen LogP contribution in [-0.2, 0) is 49.6 Å². The number of benzene rings is 1. The van der Waals surface area contributed by atoms with Gasteiger partial charge in [0, 0.05) is 29.8 Å². The van der Waals surface area contributed by atoms with E-state index >= 15 is 0 Å². The number of primary amides is 1. The van der Waals surface area contributed by atoms with E-state index in [0.717, 1.165) is 4.90 Å². The summed E-state index contributed by atoms with van der Waals surface area (Å²) in [4.78, 5) is 125. The van der Waals surface area contributed by atoms with Gasteiger partial charge in [0.25, 0.3) is 0 Å². The van der Waals surface area contributed by atoms with Gasteiger partial charge in [0.2, 0.25) is 53.2 Å². The molecule has 4 rings (SSSR count). The minimum absolute atomic E-state index is 0.00438. The van der Waals surface area contributed by atoms with Crippen LogP contribution in [-0.4, -0.2) is 154 Å². The first-order valence-corrected chi connectivity index (χ1v) is 21.4. The van der Waals surface area contributed by atoms with Crippen molar-refractivity contribution in [3.8, 4) is 5.75 Å². The molecule has 0 radical (unpaired) electrons. The highest BCUT2D eigenvalue weighted by atomic mass is 32.2. The molecule has 0 bridgehead atoms. The summed E-state index contributed by atoms with van der Waals surface area (Å²) < 4.78 is 0. The van der Waals surface area contributed by atoms with Crippen molar-refractivity contribution in [2.45, 2.75) is 94.2 Å². The number of aromatic nitrogens is 1. The van der Waals surface area contributed by atoms with Gasteiger partial charge in [-0.3, -0.25) is 43.2 Å². The summed E-state index contributed by atoms with van der Waals surface area (Å²) >= 11 is 1.29. The second-order valence-corrected chi connectivity index (χ2v) is 16.2. The number of nitrogens with one attached hydrogen (secondary N) is 8. The molecule has 340 valence electrons. The number of hydrogen-bond donors (Lipinski definition) is 12. The van der Waals surface area contributed by atoms with Crippen LogP contribution in [0.25, 0.3) is 10.9 Å². The first kappa shape index (κ1) is 48.7. The monoisotopic (exact) mass is 888 g/mol. The molecular formula is C39H56N10O12S. The van der Waals surface area contributed by atoms with Gasteiger partial charge in [-0.15, -0.1) is 11.8 Å². The van der Waals surface area contributed by atoms with Gasteiger partial charge in [-0.1, -0.05) is 27.2 Å². The Hall–Kier alpha value is -5.94. The van der Waals surface area contributed by atoms with Crippen LogP contribution in [0.1, 0.15) is 52.0 Å². The molecule has 23 heteroatoms. The van der Waals surface area contributed by atoms with Crippen molar-refractivity contribution in [1.82, 2.24) is 47.1 Å². The number of aliphatic hydroxyl groups is 2. The Morgan fingerprint density at radius 2 is 1.52 bits per heavy atom. The van der Waals surface area contributed by atoms with E-state index in [-0.39, 0.29) is 25.1 Å². The summed E-state index contributed by atoms with van der Waals surface area (Å²) in [5.41, 5.74) is 6.50. The van der Waals surface area contributed by atoms with E-state index in [1.165, 1.54) is 30.8 Å². The van der Waals surface area contributed by atoms with Crippen molar-refractivity contribution < 1.29 is 58.5 Å². The number of phenolic OH excluding ortho intramolecular Hbond substituents is 1. The molecule has 8 atom stereocenters. The molecule has 1 aromatic carbocycles. The van der Waals surface area contributed by atoms with Crippen molar-refractivity contribution in [1.29, 1.82) is 0 Å². The SMILES string of the molecule is CCC(C)C1NC(=O)CNC(=O)C(Cc2c(SC)[nH]c3ccc(O)cc23)NC(=O)C([C@@H](C)C(O)CO)NC(=O)C2CCCN2C(=O)C(CC(N)=O)NC(=O)CNC(=O)CNC1=O. The van der Waals surface area contributed by atoms with Crippen LogP contribution in [0.15, 0.2) is 23.2 Å². The molecular weight excluding hydrogens is 833 g/mol. The summed E-state index contributed by atoms with van der Waals surface area (Å²) in [6.07, 6.45) is 0.0739. The predicted octanol–water partition coefficient (Wildman–Crippen LogP) is -3.66. The van der Waals surface area contributed by atoms with E-state index in [2.05, 4.69) is 42.2 Å². The lowest BCUT2D eigenvalue weighted by Crippen LogP contribution is -2.61. The molecule has 0 saturated carbocycles. The van der Waals surface area contributed by atoms with Crippen molar-refractivity contribution in [3.63, 3.8) is 0 Å². The lowest BCUT2D eigenvalue weighted by Gasteiger charge is -2.32. The van der Waals surface area contributed by atoms with E-state index in [1.54, 1.807) is 26.2 Å². The Morgan fingerprint density at radius 3 is 2.18 bits per heavy atom. The quantitative estimate of drug-likeness (QED) is 0.103. The van der Waals surface area contributed by atoms with Gasteiger partial charge in [0.15, 0.2) is 0 Å². The zero-order valence-corrected chi connectivity index (χ0v) is 35.7. The molecule has 0 spiro atoms. The number of hydrogen-bond acceptors (Lipinski definition) is 13. The molecule has 22 nitrogen and oxygen atoms in total. The zero-order valence-electron chi connectivity index (χ0n) is 34.9. The maximum absolute atomic E-state index is 14.3. The normalized spacial score (nSPS) is 24.5. The van der Waals surface area contributed by atoms with Crippen LogP contribution < -0.4 is 43.0 Å². The molecule has 2 fully saturated rings. The second kappa shape index (κ2) is 22.2. The van der Waals surface area contributed by atoms with Gasteiger partial charge in [-0.2, -0.15) is 0 Å². The van der Waals surface area contributed by atoms with Crippen LogP contribution in [0, 0.1) is 11.8 Å². The molecule has 2 aliphatic heterocycles. The molecule has 9 amide bonds. The second-order valence-electron chi connectivity index (χ2n) is 15.4. The number of carbonyl (C=O) groups excluding carboxylic acids is 9. The van der Waals surface area contributed by atoms with Crippen LogP contribution in [0.5, 0.6) is 5.75 Å². The number of thioether (sulfide) groups is 1. The molecule has 2 aliphatic rings. The number of H-pyrrole nitrogens is 1. The average Bonchev–Trinajstić information content (AvgIpc) is 3.87. The summed E-state index contributed by atoms with van der Waals surface area (Å²) in [6, 6.07) is -2.57. The molecule has 0 aliphatic carbocycles. The van der Waals surface area contributed by atoms with Gasteiger partial charge in [-0.25, -0.2) is 0 Å². The predicted molar refractivity (Wildman–Crippen MR) is 222 cm³/mol. The number of aliphatic hydroxyl groups excluding tert-OH is 2. The maximum Gasteiger partial charge on any atom is 0.246 e. The molecule has 13 N–H and O–H groups in total. The maximum atomic E-state index is 14.3. The highest BCUT2D eigenvalue weighted by Crippen LogP contribution is 2.32.